The molecule has 47 heavy (non-hydrogen) atoms. The summed E-state index contributed by atoms with van der Waals surface area (Å²) in [6.07, 6.45) is 13.7. The highest BCUT2D eigenvalue weighted by Crippen LogP contribution is 2.30. The lowest BCUT2D eigenvalue weighted by Gasteiger charge is -2.30. The Balaban J connectivity index is 0. The average Bonchev–Trinajstić information content (AvgIpc) is 3.71. The highest BCUT2D eigenvalue weighted by Gasteiger charge is 2.38. The second-order valence-corrected chi connectivity index (χ2v) is 11.0. The van der Waals surface area contributed by atoms with Crippen molar-refractivity contribution in [3.05, 3.63) is 48.0 Å². The number of terminal acetylenes is 1. The monoisotopic (exact) mass is 657 g/mol. The van der Waals surface area contributed by atoms with Gasteiger partial charge in [-0.1, -0.05) is 70.9 Å². The van der Waals surface area contributed by atoms with Gasteiger partial charge >= 0.3 is 6.03 Å². The van der Waals surface area contributed by atoms with E-state index in [0.717, 1.165) is 39.3 Å². The van der Waals surface area contributed by atoms with Crippen molar-refractivity contribution in [2.45, 2.75) is 104 Å². The van der Waals surface area contributed by atoms with Gasteiger partial charge in [0, 0.05) is 39.7 Å². The predicted octanol–water partition coefficient (Wildman–Crippen LogP) is 3.54. The molecule has 0 bridgehead atoms. The Morgan fingerprint density at radius 2 is 1.64 bits per heavy atom. The minimum absolute atomic E-state index is 0.0661. The zero-order valence-corrected chi connectivity index (χ0v) is 29.6. The van der Waals surface area contributed by atoms with E-state index in [9.17, 15) is 24.0 Å². The Morgan fingerprint density at radius 1 is 1.09 bits per heavy atom. The number of urea groups is 1. The first kappa shape index (κ1) is 45.0. The van der Waals surface area contributed by atoms with Crippen LogP contribution in [0.15, 0.2) is 36.9 Å². The number of aliphatic hydroxyl groups is 1. The van der Waals surface area contributed by atoms with Gasteiger partial charge < -0.3 is 31.3 Å². The third-order valence-corrected chi connectivity index (χ3v) is 6.96. The summed E-state index contributed by atoms with van der Waals surface area (Å²) in [5, 5.41) is 17.1. The second-order valence-electron chi connectivity index (χ2n) is 11.0. The summed E-state index contributed by atoms with van der Waals surface area (Å²) < 4.78 is 0. The van der Waals surface area contributed by atoms with E-state index in [1.165, 1.54) is 30.0 Å². The van der Waals surface area contributed by atoms with Crippen LogP contribution in [0.3, 0.4) is 0 Å². The fraction of sp³-hybridized carbons (Fsp3) is 0.583. The normalized spacial score (nSPS) is 15.2. The van der Waals surface area contributed by atoms with E-state index >= 15 is 0 Å². The van der Waals surface area contributed by atoms with Crippen LogP contribution in [0, 0.1) is 18.3 Å². The predicted molar refractivity (Wildman–Crippen MR) is 188 cm³/mol. The van der Waals surface area contributed by atoms with Gasteiger partial charge in [0.15, 0.2) is 0 Å². The van der Waals surface area contributed by atoms with Crippen LogP contribution in [0.5, 0.6) is 0 Å². The number of Topliss-reactive ketones (excluding diaryl/α,β-unsaturated/α-hetero) is 1. The number of likely N-dealkylation sites (tertiary alicyclic amines) is 1. The highest BCUT2D eigenvalue weighted by atomic mass is 16.2. The van der Waals surface area contributed by atoms with Gasteiger partial charge in [0.25, 0.3) is 5.91 Å². The van der Waals surface area contributed by atoms with Crippen LogP contribution in [0.4, 0.5) is 4.79 Å². The van der Waals surface area contributed by atoms with Crippen LogP contribution < -0.4 is 21.3 Å². The Labute approximate surface area is 282 Å². The number of aliphatic hydroxyl groups excluding tert-OH is 1. The van der Waals surface area contributed by atoms with Gasteiger partial charge in [-0.05, 0) is 56.1 Å². The van der Waals surface area contributed by atoms with Gasteiger partial charge in [-0.2, -0.15) is 0 Å². The molecule has 1 aromatic carbocycles. The van der Waals surface area contributed by atoms with E-state index in [4.69, 9.17) is 11.5 Å². The van der Waals surface area contributed by atoms with Crippen molar-refractivity contribution < 1.29 is 29.1 Å². The molecule has 3 atom stereocenters. The molecule has 0 spiro atoms. The van der Waals surface area contributed by atoms with E-state index in [2.05, 4.69) is 80.5 Å². The quantitative estimate of drug-likeness (QED) is 0.106. The topological polar surface area (TPSA) is 157 Å². The molecule has 3 unspecified atom stereocenters. The molecule has 1 aromatic rings. The molecule has 1 fully saturated rings. The zero-order chi connectivity index (χ0) is 36.2. The fourth-order valence-corrected chi connectivity index (χ4v) is 4.87. The molecule has 1 aliphatic carbocycles. The zero-order valence-electron chi connectivity index (χ0n) is 29.6. The molecule has 5 amide bonds. The molecule has 0 aromatic heterocycles. The van der Waals surface area contributed by atoms with Crippen molar-refractivity contribution in [1.82, 2.24) is 26.2 Å². The molecule has 2 aliphatic rings. The number of hydrogen-bond acceptors (Lipinski definition) is 6. The molecule has 1 aliphatic heterocycles. The van der Waals surface area contributed by atoms with Crippen molar-refractivity contribution in [3.63, 3.8) is 0 Å². The van der Waals surface area contributed by atoms with Crippen molar-refractivity contribution >= 4 is 30.0 Å². The maximum atomic E-state index is 13.0. The Kier molecular flexibility index (Phi) is 26.9. The third-order valence-electron chi connectivity index (χ3n) is 6.96. The lowest BCUT2D eigenvalue weighted by atomic mass is 9.95. The molecule has 0 saturated carbocycles. The van der Waals surface area contributed by atoms with Crippen molar-refractivity contribution in [1.29, 1.82) is 0 Å². The number of carbonyl (C=O) groups excluding carboxylic acids is 5. The summed E-state index contributed by atoms with van der Waals surface area (Å²) in [4.78, 5) is 59.9. The molecule has 11 nitrogen and oxygen atoms in total. The van der Waals surface area contributed by atoms with E-state index in [0.29, 0.717) is 12.8 Å². The molecule has 1 heterocycles. The van der Waals surface area contributed by atoms with Gasteiger partial charge in [-0.3, -0.25) is 19.2 Å². The number of amides is 5. The average molecular weight is 658 g/mol. The summed E-state index contributed by atoms with van der Waals surface area (Å²) in [5.41, 5.74) is 2.59. The Bertz CT molecular complexity index is 1090. The molecule has 0 radical (unpaired) electrons. The van der Waals surface area contributed by atoms with Crippen LogP contribution in [0.1, 0.15) is 84.3 Å². The van der Waals surface area contributed by atoms with E-state index in [1.54, 1.807) is 7.05 Å². The fourth-order valence-electron chi connectivity index (χ4n) is 4.87. The molecule has 1 saturated heterocycles. The molecule has 264 valence electrons. The van der Waals surface area contributed by atoms with Gasteiger partial charge in [-0.15, -0.1) is 18.9 Å². The van der Waals surface area contributed by atoms with Crippen LogP contribution >= 0.6 is 0 Å². The number of benzene rings is 1. The van der Waals surface area contributed by atoms with Gasteiger partial charge in [0.1, 0.15) is 6.04 Å². The number of nitrogens with one attached hydrogen (secondary N) is 4. The standard InChI is InChI=1S/C18H25N3O2.C11H14N2O3.2C3H8.CH4O/c1-12-6-5-9-21(12)17(22)16(20-18(23)19-2)15-10-13-7-3-4-8-14(13)11-15;1-3-5-6-9(13-8-14)10(15)11(16)12-7-4-2;2*1-3-2;1-2/h3-4,7-8,12,15-16H,5-6,9-11H2,1-2H3,(H2,19,20,23);1,4,8-9H,2,5-7H2,(H,12,16)(H,13,14);2*3H2,1-2H3;2H,1H3. The molecule has 3 rings (SSSR count). The van der Waals surface area contributed by atoms with Gasteiger partial charge in [-0.25, -0.2) is 4.79 Å². The molecule has 5 N–H and O–H groups in total. The van der Waals surface area contributed by atoms with E-state index in [-0.39, 0.29) is 36.9 Å². The highest BCUT2D eigenvalue weighted by molar-refractivity contribution is 6.38. The smallest absolute Gasteiger partial charge is 0.315 e. The molecular weight excluding hydrogens is 598 g/mol. The maximum absolute atomic E-state index is 13.0. The van der Waals surface area contributed by atoms with Crippen LogP contribution in [0.25, 0.3) is 0 Å². The second kappa shape index (κ2) is 28.1. The third kappa shape index (κ3) is 17.4. The number of nitrogens with zero attached hydrogens (tertiary/aromatic N) is 1. The van der Waals surface area contributed by atoms with E-state index in [1.807, 2.05) is 17.0 Å². The lowest BCUT2D eigenvalue weighted by molar-refractivity contribution is -0.139. The first-order valence-corrected chi connectivity index (χ1v) is 16.5. The summed E-state index contributed by atoms with van der Waals surface area (Å²) in [5.74, 6) is 1.08. The molecular formula is C36H59N5O6. The summed E-state index contributed by atoms with van der Waals surface area (Å²) in [6, 6.07) is 6.97. The maximum Gasteiger partial charge on any atom is 0.315 e. The Hall–Kier alpha value is -4.17. The van der Waals surface area contributed by atoms with Gasteiger partial charge in [0.05, 0.1) is 6.04 Å². The number of ketones is 1. The minimum Gasteiger partial charge on any atom is -0.400 e. The molecule has 11 heteroatoms. The van der Waals surface area contributed by atoms with Crippen molar-refractivity contribution in [3.8, 4) is 12.3 Å². The van der Waals surface area contributed by atoms with Gasteiger partial charge in [0.2, 0.25) is 18.1 Å². The Morgan fingerprint density at radius 3 is 2.06 bits per heavy atom. The van der Waals surface area contributed by atoms with Crippen LogP contribution in [0.2, 0.25) is 0 Å². The summed E-state index contributed by atoms with van der Waals surface area (Å²) >= 11 is 0. The first-order chi connectivity index (χ1) is 22.6. The SMILES string of the molecule is C#CCCC(NC=O)C(=O)C(=O)NCC=C.CCC.CCC.CNC(=O)NC(C(=O)N1CCCC1C)C1Cc2ccccc2C1.CO. The lowest BCUT2D eigenvalue weighted by Crippen LogP contribution is -2.55. The number of fused-ring (bicyclic) bond motifs is 1. The number of carbonyl (C=O) groups is 5. The number of rotatable bonds is 11. The van der Waals surface area contributed by atoms with E-state index < -0.39 is 23.8 Å². The summed E-state index contributed by atoms with van der Waals surface area (Å²) in [6.45, 7) is 15.0. The van der Waals surface area contributed by atoms with Crippen molar-refractivity contribution in [2.24, 2.45) is 5.92 Å². The summed E-state index contributed by atoms with van der Waals surface area (Å²) in [7, 11) is 2.58. The van der Waals surface area contributed by atoms with Crippen molar-refractivity contribution in [2.75, 3.05) is 27.2 Å². The minimum atomic E-state index is -0.863. The first-order valence-electron chi connectivity index (χ1n) is 16.5. The largest absolute Gasteiger partial charge is 0.400 e. The number of hydrogen-bond donors (Lipinski definition) is 5. The van der Waals surface area contributed by atoms with Crippen LogP contribution in [-0.4, -0.2) is 85.4 Å². The van der Waals surface area contributed by atoms with Crippen LogP contribution in [-0.2, 0) is 32.0 Å².